The van der Waals surface area contributed by atoms with Crippen LogP contribution in [0.25, 0.3) is 0 Å². The second kappa shape index (κ2) is 7.27. The number of anilines is 1. The molecule has 1 fully saturated rings. The van der Waals surface area contributed by atoms with E-state index in [1.807, 2.05) is 6.92 Å². The second-order valence-corrected chi connectivity index (χ2v) is 5.43. The Morgan fingerprint density at radius 3 is 2.62 bits per heavy atom. The Kier molecular flexibility index (Phi) is 5.39. The van der Waals surface area contributed by atoms with Gasteiger partial charge in [0, 0.05) is 44.0 Å². The molecule has 1 saturated heterocycles. The van der Waals surface area contributed by atoms with Crippen LogP contribution in [0.1, 0.15) is 12.5 Å². The van der Waals surface area contributed by atoms with Gasteiger partial charge in [0.15, 0.2) is 0 Å². The Morgan fingerprint density at radius 2 is 2.00 bits per heavy atom. The lowest BCUT2D eigenvalue weighted by molar-refractivity contribution is -0.138. The predicted molar refractivity (Wildman–Crippen MR) is 85.6 cm³/mol. The molecule has 0 aromatic heterocycles. The average Bonchev–Trinajstić information content (AvgIpc) is 2.48. The van der Waals surface area contributed by atoms with E-state index in [1.54, 1.807) is 0 Å². The van der Waals surface area contributed by atoms with Crippen LogP contribution < -0.4 is 4.90 Å². The number of aryl methyl sites for hydroxylation is 1. The first-order chi connectivity index (χ1) is 10.1. The Bertz CT molecular complexity index is 505. The fourth-order valence-electron chi connectivity index (χ4n) is 2.56. The number of esters is 1. The largest absolute Gasteiger partial charge is 0.463 e. The normalized spacial score (nSPS) is 15.8. The number of hydrogen-bond acceptors (Lipinski definition) is 4. The van der Waals surface area contributed by atoms with Crippen LogP contribution in [0, 0.1) is 6.92 Å². The average molecular weight is 288 g/mol. The lowest BCUT2D eigenvalue weighted by Crippen LogP contribution is -2.47. The number of rotatable bonds is 5. The maximum Gasteiger partial charge on any atom is 0.334 e. The standard InChI is InChI=1S/C17H24N2O2/c1-4-21-17(20)15(3)13-18-8-10-19(11-9-18)16-7-5-6-14(2)12-16/h5-7,12H,3-4,8-11,13H2,1-2H3. The maximum absolute atomic E-state index is 11.6. The highest BCUT2D eigenvalue weighted by atomic mass is 16.5. The van der Waals surface area contributed by atoms with Crippen LogP contribution in [-0.2, 0) is 9.53 Å². The van der Waals surface area contributed by atoms with E-state index in [2.05, 4.69) is 47.6 Å². The predicted octanol–water partition coefficient (Wildman–Crippen LogP) is 2.24. The molecule has 0 radical (unpaired) electrons. The Hall–Kier alpha value is -1.81. The van der Waals surface area contributed by atoms with E-state index in [1.165, 1.54) is 11.3 Å². The number of hydrogen-bond donors (Lipinski definition) is 0. The third kappa shape index (κ3) is 4.33. The molecule has 1 aromatic carbocycles. The molecule has 1 aliphatic rings. The summed E-state index contributed by atoms with van der Waals surface area (Å²) in [6.07, 6.45) is 0. The lowest BCUT2D eigenvalue weighted by Gasteiger charge is -2.36. The number of ether oxygens (including phenoxy) is 1. The van der Waals surface area contributed by atoms with Crippen LogP contribution in [0.5, 0.6) is 0 Å². The van der Waals surface area contributed by atoms with Gasteiger partial charge in [0.2, 0.25) is 0 Å². The Balaban J connectivity index is 1.83. The molecule has 0 unspecified atom stereocenters. The van der Waals surface area contributed by atoms with Gasteiger partial charge < -0.3 is 9.64 Å². The fraction of sp³-hybridized carbons (Fsp3) is 0.471. The molecule has 114 valence electrons. The summed E-state index contributed by atoms with van der Waals surface area (Å²) in [5.74, 6) is -0.279. The lowest BCUT2D eigenvalue weighted by atomic mass is 10.2. The van der Waals surface area contributed by atoms with Gasteiger partial charge >= 0.3 is 5.97 Å². The van der Waals surface area contributed by atoms with Crippen molar-refractivity contribution in [3.05, 3.63) is 42.0 Å². The van der Waals surface area contributed by atoms with E-state index in [0.717, 1.165) is 26.2 Å². The van der Waals surface area contributed by atoms with E-state index in [-0.39, 0.29) is 5.97 Å². The molecule has 1 heterocycles. The van der Waals surface area contributed by atoms with Crippen LogP contribution in [-0.4, -0.2) is 50.2 Å². The van der Waals surface area contributed by atoms with E-state index < -0.39 is 0 Å². The molecule has 0 spiro atoms. The third-order valence-electron chi connectivity index (χ3n) is 3.72. The van der Waals surface area contributed by atoms with Crippen LogP contribution >= 0.6 is 0 Å². The van der Waals surface area contributed by atoms with Gasteiger partial charge in [0.05, 0.1) is 6.61 Å². The second-order valence-electron chi connectivity index (χ2n) is 5.43. The van der Waals surface area contributed by atoms with Gasteiger partial charge in [0.25, 0.3) is 0 Å². The number of piperazine rings is 1. The molecule has 21 heavy (non-hydrogen) atoms. The summed E-state index contributed by atoms with van der Waals surface area (Å²) in [6.45, 7) is 12.6. The minimum Gasteiger partial charge on any atom is -0.463 e. The van der Waals surface area contributed by atoms with Gasteiger partial charge in [-0.2, -0.15) is 0 Å². The monoisotopic (exact) mass is 288 g/mol. The van der Waals surface area contributed by atoms with E-state index in [0.29, 0.717) is 18.7 Å². The highest BCUT2D eigenvalue weighted by Gasteiger charge is 2.19. The Morgan fingerprint density at radius 1 is 1.29 bits per heavy atom. The first kappa shape index (κ1) is 15.6. The SMILES string of the molecule is C=C(CN1CCN(c2cccc(C)c2)CC1)C(=O)OCC. The number of carbonyl (C=O) groups is 1. The van der Waals surface area contributed by atoms with Crippen molar-refractivity contribution >= 4 is 11.7 Å². The van der Waals surface area contributed by atoms with E-state index >= 15 is 0 Å². The zero-order chi connectivity index (χ0) is 15.2. The summed E-state index contributed by atoms with van der Waals surface area (Å²) >= 11 is 0. The summed E-state index contributed by atoms with van der Waals surface area (Å²) in [5.41, 5.74) is 3.10. The van der Waals surface area contributed by atoms with Crippen LogP contribution in [0.15, 0.2) is 36.4 Å². The quantitative estimate of drug-likeness (QED) is 0.614. The molecule has 4 heteroatoms. The molecule has 1 aromatic rings. The van der Waals surface area contributed by atoms with Crippen LogP contribution in [0.2, 0.25) is 0 Å². The zero-order valence-corrected chi connectivity index (χ0v) is 13.0. The molecule has 1 aliphatic heterocycles. The number of benzene rings is 1. The number of nitrogens with zero attached hydrogens (tertiary/aromatic N) is 2. The molecule has 0 bridgehead atoms. The van der Waals surface area contributed by atoms with E-state index in [4.69, 9.17) is 4.74 Å². The van der Waals surface area contributed by atoms with Crippen molar-refractivity contribution in [3.63, 3.8) is 0 Å². The zero-order valence-electron chi connectivity index (χ0n) is 13.0. The van der Waals surface area contributed by atoms with Crippen molar-refractivity contribution in [1.82, 2.24) is 4.90 Å². The Labute approximate surface area is 127 Å². The van der Waals surface area contributed by atoms with Gasteiger partial charge in [-0.25, -0.2) is 4.79 Å². The smallest absolute Gasteiger partial charge is 0.334 e. The van der Waals surface area contributed by atoms with Crippen molar-refractivity contribution in [3.8, 4) is 0 Å². The van der Waals surface area contributed by atoms with Crippen molar-refractivity contribution in [1.29, 1.82) is 0 Å². The molecular weight excluding hydrogens is 264 g/mol. The summed E-state index contributed by atoms with van der Waals surface area (Å²) in [4.78, 5) is 16.2. The van der Waals surface area contributed by atoms with Crippen molar-refractivity contribution in [2.45, 2.75) is 13.8 Å². The highest BCUT2D eigenvalue weighted by Crippen LogP contribution is 2.18. The molecule has 0 saturated carbocycles. The summed E-state index contributed by atoms with van der Waals surface area (Å²) in [6, 6.07) is 8.58. The maximum atomic E-state index is 11.6. The van der Waals surface area contributed by atoms with E-state index in [9.17, 15) is 4.79 Å². The van der Waals surface area contributed by atoms with Gasteiger partial charge in [-0.1, -0.05) is 18.7 Å². The summed E-state index contributed by atoms with van der Waals surface area (Å²) in [5, 5.41) is 0. The van der Waals surface area contributed by atoms with Gasteiger partial charge in [-0.15, -0.1) is 0 Å². The third-order valence-corrected chi connectivity index (χ3v) is 3.72. The first-order valence-corrected chi connectivity index (χ1v) is 7.49. The topological polar surface area (TPSA) is 32.8 Å². The minimum absolute atomic E-state index is 0.279. The first-order valence-electron chi connectivity index (χ1n) is 7.49. The molecular formula is C17H24N2O2. The molecule has 0 atom stereocenters. The highest BCUT2D eigenvalue weighted by molar-refractivity contribution is 5.88. The summed E-state index contributed by atoms with van der Waals surface area (Å²) < 4.78 is 4.97. The molecule has 0 amide bonds. The summed E-state index contributed by atoms with van der Waals surface area (Å²) in [7, 11) is 0. The molecule has 2 rings (SSSR count). The van der Waals surface area contributed by atoms with Gasteiger partial charge in [0.1, 0.15) is 0 Å². The molecule has 4 nitrogen and oxygen atoms in total. The van der Waals surface area contributed by atoms with Crippen LogP contribution in [0.4, 0.5) is 5.69 Å². The number of carbonyl (C=O) groups excluding carboxylic acids is 1. The fourth-order valence-corrected chi connectivity index (χ4v) is 2.56. The van der Waals surface area contributed by atoms with Crippen molar-refractivity contribution in [2.75, 3.05) is 44.2 Å². The minimum atomic E-state index is -0.279. The van der Waals surface area contributed by atoms with Crippen LogP contribution in [0.3, 0.4) is 0 Å². The molecule has 0 aliphatic carbocycles. The van der Waals surface area contributed by atoms with Gasteiger partial charge in [-0.05, 0) is 31.5 Å². The molecule has 0 N–H and O–H groups in total. The van der Waals surface area contributed by atoms with Crippen molar-refractivity contribution in [2.24, 2.45) is 0 Å². The van der Waals surface area contributed by atoms with Gasteiger partial charge in [-0.3, -0.25) is 4.90 Å². The van der Waals surface area contributed by atoms with Crippen molar-refractivity contribution < 1.29 is 9.53 Å².